The molecule has 1 amide bonds. The van der Waals surface area contributed by atoms with E-state index in [1.54, 1.807) is 12.1 Å². The molecule has 8 heteroatoms. The Balaban J connectivity index is 1.59. The molecule has 2 atom stereocenters. The molecule has 1 aliphatic heterocycles. The molecule has 1 fully saturated rings. The van der Waals surface area contributed by atoms with Gasteiger partial charge in [-0.15, -0.1) is 0 Å². The van der Waals surface area contributed by atoms with Gasteiger partial charge in [0.05, 0.1) is 29.9 Å². The molecule has 1 unspecified atom stereocenters. The third-order valence-corrected chi connectivity index (χ3v) is 8.21. The lowest BCUT2D eigenvalue weighted by Crippen LogP contribution is -2.46. The molecule has 0 aliphatic carbocycles. The number of hydrogen-bond acceptors (Lipinski definition) is 5. The summed E-state index contributed by atoms with van der Waals surface area (Å²) in [6.07, 6.45) is 0.635. The van der Waals surface area contributed by atoms with E-state index in [0.717, 1.165) is 28.1 Å². The molecule has 254 valence electrons. The monoisotopic (exact) mass is 654 g/mol. The average Bonchev–Trinajstić information content (AvgIpc) is 3.35. The van der Waals surface area contributed by atoms with Crippen LogP contribution >= 0.6 is 0 Å². The average molecular weight is 655 g/mol. The largest absolute Gasteiger partial charge is 0.460 e. The number of ether oxygens (including phenoxy) is 3. The van der Waals surface area contributed by atoms with Crippen molar-refractivity contribution >= 4 is 17.6 Å². The molecule has 5 rings (SSSR count). The molecule has 1 aliphatic rings. The third-order valence-electron chi connectivity index (χ3n) is 8.21. The van der Waals surface area contributed by atoms with E-state index in [1.165, 1.54) is 12.1 Å². The summed E-state index contributed by atoms with van der Waals surface area (Å²) in [6, 6.07) is 25.7. The number of amides is 1. The van der Waals surface area contributed by atoms with Crippen molar-refractivity contribution in [1.82, 2.24) is 4.57 Å². The van der Waals surface area contributed by atoms with Crippen LogP contribution in [0, 0.1) is 5.82 Å². The van der Waals surface area contributed by atoms with Crippen molar-refractivity contribution in [3.05, 3.63) is 102 Å². The molecule has 48 heavy (non-hydrogen) atoms. The van der Waals surface area contributed by atoms with Crippen molar-refractivity contribution in [2.45, 2.75) is 104 Å². The quantitative estimate of drug-likeness (QED) is 0.172. The molecule has 3 aromatic carbocycles. The number of anilines is 1. The normalized spacial score (nSPS) is 17.7. The maximum absolute atomic E-state index is 14.4. The predicted molar refractivity (Wildman–Crippen MR) is 187 cm³/mol. The molecule has 0 bridgehead atoms. The van der Waals surface area contributed by atoms with Gasteiger partial charge in [-0.1, -0.05) is 62.4 Å². The Bertz CT molecular complexity index is 1710. The second-order valence-electron chi connectivity index (χ2n) is 14.2. The van der Waals surface area contributed by atoms with Gasteiger partial charge in [-0.2, -0.15) is 0 Å². The van der Waals surface area contributed by atoms with Crippen molar-refractivity contribution in [1.29, 1.82) is 0 Å². The number of esters is 1. The van der Waals surface area contributed by atoms with Crippen LogP contribution in [0.4, 0.5) is 10.1 Å². The fourth-order valence-electron chi connectivity index (χ4n) is 6.57. The molecule has 4 aromatic rings. The summed E-state index contributed by atoms with van der Waals surface area (Å²) in [5, 5.41) is 3.12. The number of para-hydroxylation sites is 1. The summed E-state index contributed by atoms with van der Waals surface area (Å²) in [7, 11) is 0. The van der Waals surface area contributed by atoms with E-state index in [0.29, 0.717) is 30.6 Å². The van der Waals surface area contributed by atoms with Crippen LogP contribution in [0.2, 0.25) is 0 Å². The van der Waals surface area contributed by atoms with Crippen LogP contribution in [0.3, 0.4) is 0 Å². The van der Waals surface area contributed by atoms with E-state index in [-0.39, 0.29) is 42.2 Å². The van der Waals surface area contributed by atoms with Gasteiger partial charge in [0.1, 0.15) is 11.4 Å². The van der Waals surface area contributed by atoms with Gasteiger partial charge in [-0.05, 0) is 94.5 Å². The van der Waals surface area contributed by atoms with E-state index < -0.39 is 11.4 Å². The van der Waals surface area contributed by atoms with E-state index >= 15 is 0 Å². The van der Waals surface area contributed by atoms with Crippen LogP contribution in [0.5, 0.6) is 0 Å². The zero-order valence-corrected chi connectivity index (χ0v) is 29.0. The lowest BCUT2D eigenvalue weighted by atomic mass is 9.94. The molecule has 7 nitrogen and oxygen atoms in total. The lowest BCUT2D eigenvalue weighted by molar-refractivity contribution is -0.301. The fourth-order valence-corrected chi connectivity index (χ4v) is 6.57. The van der Waals surface area contributed by atoms with Gasteiger partial charge in [0, 0.05) is 29.9 Å². The second-order valence-corrected chi connectivity index (χ2v) is 14.2. The lowest BCUT2D eigenvalue weighted by Gasteiger charge is -2.41. The van der Waals surface area contributed by atoms with Crippen molar-refractivity contribution < 1.29 is 28.2 Å². The minimum Gasteiger partial charge on any atom is -0.460 e. The number of nitrogens with one attached hydrogen (secondary N) is 1. The van der Waals surface area contributed by atoms with E-state index in [9.17, 15) is 14.0 Å². The highest BCUT2D eigenvalue weighted by molar-refractivity contribution is 6.12. The van der Waals surface area contributed by atoms with Crippen molar-refractivity contribution in [2.75, 3.05) is 5.32 Å². The highest BCUT2D eigenvalue weighted by atomic mass is 19.1. The number of benzene rings is 3. The molecule has 0 saturated carbocycles. The number of rotatable bonds is 10. The topological polar surface area (TPSA) is 78.8 Å². The summed E-state index contributed by atoms with van der Waals surface area (Å²) in [5.41, 5.74) is 4.87. The Hall–Kier alpha value is -4.27. The summed E-state index contributed by atoms with van der Waals surface area (Å²) in [5.74, 6) is -1.80. The first-order chi connectivity index (χ1) is 22.7. The van der Waals surface area contributed by atoms with Gasteiger partial charge in [0.2, 0.25) is 0 Å². The highest BCUT2D eigenvalue weighted by Crippen LogP contribution is 2.43. The molecule has 1 aromatic heterocycles. The van der Waals surface area contributed by atoms with Crippen LogP contribution in [0.15, 0.2) is 84.9 Å². The first-order valence-electron chi connectivity index (χ1n) is 16.7. The standard InChI is InChI=1S/C40H47FN2O5/c1-26(2)36-35(38(45)42-30-16-12-9-13-17-30)34(27-14-10-8-11-15-27)37(28-18-20-29(41)21-19-28)43(36)23-22-31-24-32(47-40(6,7)46-31)25-33(44)48-39(3,4)5/h8-21,26,31-32H,22-25H2,1-7H3,(H,42,45)/t31?,32-/m1/s1. The third kappa shape index (κ3) is 8.60. The van der Waals surface area contributed by atoms with Gasteiger partial charge in [-0.25, -0.2) is 4.39 Å². The molecule has 1 saturated heterocycles. The number of halogens is 1. The Labute approximate surface area is 283 Å². The maximum Gasteiger partial charge on any atom is 0.308 e. The Morgan fingerprint density at radius 2 is 1.52 bits per heavy atom. The number of carbonyl (C=O) groups excluding carboxylic acids is 2. The van der Waals surface area contributed by atoms with Crippen LogP contribution in [-0.2, 0) is 25.5 Å². The molecular weight excluding hydrogens is 607 g/mol. The van der Waals surface area contributed by atoms with Gasteiger partial charge >= 0.3 is 5.97 Å². The van der Waals surface area contributed by atoms with Gasteiger partial charge in [-0.3, -0.25) is 9.59 Å². The second kappa shape index (κ2) is 14.5. The number of aromatic nitrogens is 1. The molecular formula is C40H47FN2O5. The zero-order chi connectivity index (χ0) is 34.6. The van der Waals surface area contributed by atoms with E-state index in [2.05, 4.69) is 23.7 Å². The summed E-state index contributed by atoms with van der Waals surface area (Å²) < 4.78 is 34.6. The zero-order valence-electron chi connectivity index (χ0n) is 29.0. The summed E-state index contributed by atoms with van der Waals surface area (Å²) in [6.45, 7) is 13.9. The number of carbonyl (C=O) groups is 2. The molecule has 0 radical (unpaired) electrons. The summed E-state index contributed by atoms with van der Waals surface area (Å²) >= 11 is 0. The van der Waals surface area contributed by atoms with Crippen LogP contribution in [0.25, 0.3) is 22.4 Å². The molecule has 0 spiro atoms. The summed E-state index contributed by atoms with van der Waals surface area (Å²) in [4.78, 5) is 27.1. The van der Waals surface area contributed by atoms with Crippen molar-refractivity contribution in [3.63, 3.8) is 0 Å². The predicted octanol–water partition coefficient (Wildman–Crippen LogP) is 9.37. The van der Waals surface area contributed by atoms with Crippen LogP contribution in [0.1, 0.15) is 89.7 Å². The molecule has 1 N–H and O–H groups in total. The van der Waals surface area contributed by atoms with E-state index in [4.69, 9.17) is 14.2 Å². The van der Waals surface area contributed by atoms with Crippen LogP contribution < -0.4 is 5.32 Å². The van der Waals surface area contributed by atoms with Crippen LogP contribution in [-0.4, -0.2) is 40.0 Å². The van der Waals surface area contributed by atoms with Gasteiger partial charge in [0.25, 0.3) is 5.91 Å². The van der Waals surface area contributed by atoms with Crippen molar-refractivity contribution in [3.8, 4) is 22.4 Å². The number of nitrogens with zero attached hydrogens (tertiary/aromatic N) is 1. The maximum atomic E-state index is 14.4. The molecule has 2 heterocycles. The Kier molecular flexibility index (Phi) is 10.6. The SMILES string of the molecule is CC(C)c1c(C(=O)Nc2ccccc2)c(-c2ccccc2)c(-c2ccc(F)cc2)n1CCC1C[C@H](CC(=O)OC(C)(C)C)OC(C)(C)O1. The fraction of sp³-hybridized carbons (Fsp3) is 0.400. The van der Waals surface area contributed by atoms with Gasteiger partial charge < -0.3 is 24.1 Å². The van der Waals surface area contributed by atoms with E-state index in [1.807, 2.05) is 95.3 Å². The minimum absolute atomic E-state index is 0.0369. The first kappa shape index (κ1) is 35.0. The smallest absolute Gasteiger partial charge is 0.308 e. The first-order valence-corrected chi connectivity index (χ1v) is 16.7. The number of hydrogen-bond donors (Lipinski definition) is 1. The van der Waals surface area contributed by atoms with Crippen molar-refractivity contribution in [2.24, 2.45) is 0 Å². The van der Waals surface area contributed by atoms with Gasteiger partial charge in [0.15, 0.2) is 5.79 Å². The highest BCUT2D eigenvalue weighted by Gasteiger charge is 2.38. The minimum atomic E-state index is -0.900. The Morgan fingerprint density at radius 1 is 0.917 bits per heavy atom. The Morgan fingerprint density at radius 3 is 2.12 bits per heavy atom.